The number of rotatable bonds is 0. The van der Waals surface area contributed by atoms with Gasteiger partial charge in [0.1, 0.15) is 11.6 Å². The maximum atomic E-state index is 12.3. The van der Waals surface area contributed by atoms with Crippen molar-refractivity contribution in [1.29, 1.82) is 0 Å². The minimum absolute atomic E-state index is 0.0810. The predicted octanol–water partition coefficient (Wildman–Crippen LogP) is 5.57. The number of halogens is 4. The van der Waals surface area contributed by atoms with Crippen molar-refractivity contribution < 1.29 is 17.6 Å². The quantitative estimate of drug-likeness (QED) is 0.555. The fraction of sp³-hybridized carbons (Fsp3) is 0.250. The van der Waals surface area contributed by atoms with Gasteiger partial charge in [0.25, 0.3) is 0 Å². The molecule has 0 aliphatic carbocycles. The molecule has 0 radical (unpaired) electrons. The first-order chi connectivity index (χ1) is 9.41. The summed E-state index contributed by atoms with van der Waals surface area (Å²) in [6, 6.07) is 7.62. The van der Waals surface area contributed by atoms with Crippen LogP contribution < -0.4 is 0 Å². The molecule has 2 rings (SSSR count). The van der Waals surface area contributed by atoms with E-state index in [-0.39, 0.29) is 5.56 Å². The number of aryl methyl sites for hydroxylation is 1. The molecular weight excluding hydrogens is 268 g/mol. The topological polar surface area (TPSA) is 0 Å². The highest BCUT2D eigenvalue weighted by Crippen LogP contribution is 2.08. The summed E-state index contributed by atoms with van der Waals surface area (Å²) in [5.41, 5.74) is 0.811. The second kappa shape index (κ2) is 9.13. The highest BCUT2D eigenvalue weighted by Gasteiger charge is 1.99. The summed E-state index contributed by atoms with van der Waals surface area (Å²) >= 11 is 0. The summed E-state index contributed by atoms with van der Waals surface area (Å²) in [6.45, 7) is 7.12. The van der Waals surface area contributed by atoms with Crippen molar-refractivity contribution in [2.75, 3.05) is 0 Å². The smallest absolute Gasteiger partial charge is 0.159 e. The lowest BCUT2D eigenvalue weighted by atomic mass is 10.2. The van der Waals surface area contributed by atoms with Crippen molar-refractivity contribution in [3.05, 3.63) is 70.8 Å². The summed E-state index contributed by atoms with van der Waals surface area (Å²) < 4.78 is 49.0. The van der Waals surface area contributed by atoms with Gasteiger partial charge >= 0.3 is 0 Å². The van der Waals surface area contributed by atoms with E-state index >= 15 is 0 Å². The first-order valence-electron chi connectivity index (χ1n) is 6.24. The second-order valence-corrected chi connectivity index (χ2v) is 3.76. The molecule has 2 aromatic rings. The van der Waals surface area contributed by atoms with E-state index in [1.807, 2.05) is 13.8 Å². The lowest BCUT2D eigenvalue weighted by molar-refractivity contribution is 0.508. The molecular formula is C16H18F4. The van der Waals surface area contributed by atoms with Crippen LogP contribution in [0.1, 0.15) is 25.0 Å². The number of benzene rings is 2. The van der Waals surface area contributed by atoms with Crippen LogP contribution >= 0.6 is 0 Å². The third kappa shape index (κ3) is 5.87. The van der Waals surface area contributed by atoms with Gasteiger partial charge in [0, 0.05) is 5.56 Å². The van der Waals surface area contributed by atoms with E-state index in [9.17, 15) is 17.6 Å². The molecule has 110 valence electrons. The van der Waals surface area contributed by atoms with E-state index < -0.39 is 23.3 Å². The van der Waals surface area contributed by atoms with Gasteiger partial charge in [-0.1, -0.05) is 26.0 Å². The first kappa shape index (κ1) is 18.2. The van der Waals surface area contributed by atoms with E-state index in [0.29, 0.717) is 0 Å². The van der Waals surface area contributed by atoms with Crippen LogP contribution in [0.4, 0.5) is 17.6 Å². The SMILES string of the molecule is CC.Cc1c(F)cccc1F.Cc1ccc(F)c(F)c1. The van der Waals surface area contributed by atoms with Crippen LogP contribution in [0, 0.1) is 37.1 Å². The molecule has 0 unspecified atom stereocenters. The Hall–Kier alpha value is -1.84. The molecule has 4 heteroatoms. The van der Waals surface area contributed by atoms with Gasteiger partial charge in [-0.25, -0.2) is 17.6 Å². The molecule has 0 saturated heterocycles. The molecule has 2 aromatic carbocycles. The fourth-order valence-corrected chi connectivity index (χ4v) is 1.18. The van der Waals surface area contributed by atoms with E-state index in [4.69, 9.17) is 0 Å². The minimum Gasteiger partial charge on any atom is -0.207 e. The van der Waals surface area contributed by atoms with Gasteiger partial charge in [-0.2, -0.15) is 0 Å². The van der Waals surface area contributed by atoms with E-state index in [0.717, 1.165) is 17.7 Å². The van der Waals surface area contributed by atoms with E-state index in [1.165, 1.54) is 31.2 Å². The van der Waals surface area contributed by atoms with Gasteiger partial charge in [-0.05, 0) is 43.7 Å². The van der Waals surface area contributed by atoms with Crippen LogP contribution in [-0.4, -0.2) is 0 Å². The maximum absolute atomic E-state index is 12.3. The summed E-state index contributed by atoms with van der Waals surface area (Å²) in [4.78, 5) is 0. The summed E-state index contributed by atoms with van der Waals surface area (Å²) in [5, 5.41) is 0. The predicted molar refractivity (Wildman–Crippen MR) is 73.5 cm³/mol. The Morgan fingerprint density at radius 2 is 1.15 bits per heavy atom. The Labute approximate surface area is 117 Å². The highest BCUT2D eigenvalue weighted by molar-refractivity contribution is 5.17. The minimum atomic E-state index is -0.791. The van der Waals surface area contributed by atoms with Gasteiger partial charge in [0.2, 0.25) is 0 Å². The fourth-order valence-electron chi connectivity index (χ4n) is 1.18. The zero-order chi connectivity index (χ0) is 15.7. The molecule has 0 fully saturated rings. The third-order valence-electron chi connectivity index (χ3n) is 2.28. The Balaban J connectivity index is 0.000000321. The molecule has 0 amide bonds. The van der Waals surface area contributed by atoms with E-state index in [1.54, 1.807) is 6.92 Å². The monoisotopic (exact) mass is 286 g/mol. The Morgan fingerprint density at radius 1 is 0.650 bits per heavy atom. The molecule has 0 bridgehead atoms. The van der Waals surface area contributed by atoms with Crippen LogP contribution in [-0.2, 0) is 0 Å². The van der Waals surface area contributed by atoms with Crippen molar-refractivity contribution in [2.45, 2.75) is 27.7 Å². The Morgan fingerprint density at radius 3 is 1.50 bits per heavy atom. The van der Waals surface area contributed by atoms with Crippen molar-refractivity contribution in [3.63, 3.8) is 0 Å². The van der Waals surface area contributed by atoms with Gasteiger partial charge in [0.05, 0.1) is 0 Å². The highest BCUT2D eigenvalue weighted by atomic mass is 19.2. The normalized spacial score (nSPS) is 9.00. The van der Waals surface area contributed by atoms with Crippen molar-refractivity contribution in [1.82, 2.24) is 0 Å². The molecule has 0 aliphatic heterocycles. The maximum Gasteiger partial charge on any atom is 0.159 e. The van der Waals surface area contributed by atoms with Crippen molar-refractivity contribution >= 4 is 0 Å². The summed E-state index contributed by atoms with van der Waals surface area (Å²) in [5.74, 6) is -2.55. The standard InChI is InChI=1S/2C7H6F2.C2H6/c1-5-2-3-6(8)7(9)4-5;1-5-6(8)3-2-4-7(5)9;1-2/h2*2-4H,1H3;1-2H3. The number of hydrogen-bond acceptors (Lipinski definition) is 0. The van der Waals surface area contributed by atoms with Crippen molar-refractivity contribution in [2.24, 2.45) is 0 Å². The lowest BCUT2D eigenvalue weighted by Gasteiger charge is -1.94. The summed E-state index contributed by atoms with van der Waals surface area (Å²) in [7, 11) is 0. The lowest BCUT2D eigenvalue weighted by Crippen LogP contribution is -1.85. The summed E-state index contributed by atoms with van der Waals surface area (Å²) in [6.07, 6.45) is 0. The molecule has 0 N–H and O–H groups in total. The largest absolute Gasteiger partial charge is 0.207 e. The van der Waals surface area contributed by atoms with Crippen LogP contribution in [0.15, 0.2) is 36.4 Å². The average Bonchev–Trinajstić information content (AvgIpc) is 2.43. The molecule has 0 nitrogen and oxygen atoms in total. The third-order valence-corrected chi connectivity index (χ3v) is 2.28. The molecule has 20 heavy (non-hydrogen) atoms. The van der Waals surface area contributed by atoms with Crippen molar-refractivity contribution in [3.8, 4) is 0 Å². The zero-order valence-electron chi connectivity index (χ0n) is 12.0. The van der Waals surface area contributed by atoms with Gasteiger partial charge in [0.15, 0.2) is 11.6 Å². The van der Waals surface area contributed by atoms with Crippen LogP contribution in [0.3, 0.4) is 0 Å². The zero-order valence-corrected chi connectivity index (χ0v) is 12.0. The molecule has 0 spiro atoms. The number of hydrogen-bond donors (Lipinski definition) is 0. The average molecular weight is 286 g/mol. The van der Waals surface area contributed by atoms with Crippen LogP contribution in [0.2, 0.25) is 0 Å². The Bertz CT molecular complexity index is 516. The van der Waals surface area contributed by atoms with Gasteiger partial charge < -0.3 is 0 Å². The van der Waals surface area contributed by atoms with Crippen LogP contribution in [0.25, 0.3) is 0 Å². The molecule has 0 aliphatic rings. The van der Waals surface area contributed by atoms with E-state index in [2.05, 4.69) is 0 Å². The van der Waals surface area contributed by atoms with Gasteiger partial charge in [-0.3, -0.25) is 0 Å². The molecule has 0 atom stereocenters. The second-order valence-electron chi connectivity index (χ2n) is 3.76. The Kier molecular flexibility index (Phi) is 8.29. The molecule has 0 saturated carbocycles. The van der Waals surface area contributed by atoms with Gasteiger partial charge in [-0.15, -0.1) is 0 Å². The molecule has 0 heterocycles. The van der Waals surface area contributed by atoms with Crippen LogP contribution in [0.5, 0.6) is 0 Å². The first-order valence-corrected chi connectivity index (χ1v) is 6.24. The molecule has 0 aromatic heterocycles.